The van der Waals surface area contributed by atoms with Gasteiger partial charge in [0.05, 0.1) is 16.7 Å². The minimum Gasteiger partial charge on any atom is -0.389 e. The largest absolute Gasteiger partial charge is 0.389 e. The van der Waals surface area contributed by atoms with E-state index < -0.39 is 11.5 Å². The third-order valence-corrected chi connectivity index (χ3v) is 6.70. The van der Waals surface area contributed by atoms with Gasteiger partial charge in [-0.05, 0) is 60.9 Å². The van der Waals surface area contributed by atoms with Gasteiger partial charge in [-0.15, -0.1) is 0 Å². The summed E-state index contributed by atoms with van der Waals surface area (Å²) in [6.45, 7) is 0.917. The van der Waals surface area contributed by atoms with Gasteiger partial charge >= 0.3 is 0 Å². The van der Waals surface area contributed by atoms with Gasteiger partial charge in [0.2, 0.25) is 0 Å². The van der Waals surface area contributed by atoms with Gasteiger partial charge < -0.3 is 25.5 Å². The Hall–Kier alpha value is -3.85. The molecule has 184 valence electrons. The lowest BCUT2D eigenvalue weighted by Gasteiger charge is -2.38. The molecule has 0 atom stereocenters. The van der Waals surface area contributed by atoms with Crippen molar-refractivity contribution in [1.29, 1.82) is 0 Å². The van der Waals surface area contributed by atoms with E-state index in [1.165, 1.54) is 0 Å². The van der Waals surface area contributed by atoms with Crippen LogP contribution in [0.5, 0.6) is 0 Å². The molecule has 1 aliphatic heterocycles. The van der Waals surface area contributed by atoms with Crippen molar-refractivity contribution in [1.82, 2.24) is 14.9 Å². The Morgan fingerprint density at radius 2 is 1.69 bits per heavy atom. The number of nitrogens with zero attached hydrogens (tertiary/aromatic N) is 3. The highest BCUT2D eigenvalue weighted by Gasteiger charge is 2.34. The lowest BCUT2D eigenvalue weighted by Crippen LogP contribution is -2.47. The maximum absolute atomic E-state index is 13.0. The average Bonchev–Trinajstić information content (AvgIpc) is 2.89. The van der Waals surface area contributed by atoms with Crippen LogP contribution >= 0.6 is 0 Å². The minimum absolute atomic E-state index is 0.123. The number of aromatic nitrogens is 2. The van der Waals surface area contributed by atoms with E-state index in [0.717, 1.165) is 10.9 Å². The van der Waals surface area contributed by atoms with Crippen molar-refractivity contribution in [3.8, 4) is 0 Å². The molecule has 1 aliphatic rings. The van der Waals surface area contributed by atoms with Gasteiger partial charge in [0.25, 0.3) is 11.8 Å². The highest BCUT2D eigenvalue weighted by Crippen LogP contribution is 2.29. The van der Waals surface area contributed by atoms with Gasteiger partial charge in [-0.2, -0.15) is 0 Å². The van der Waals surface area contributed by atoms with E-state index in [-0.39, 0.29) is 11.5 Å². The number of rotatable bonds is 6. The molecule has 8 heteroatoms. The quantitative estimate of drug-likeness (QED) is 0.311. The van der Waals surface area contributed by atoms with E-state index in [9.17, 15) is 20.1 Å². The number of para-hydroxylation sites is 1. The van der Waals surface area contributed by atoms with Crippen molar-refractivity contribution in [3.05, 3.63) is 102 Å². The summed E-state index contributed by atoms with van der Waals surface area (Å²) in [6.07, 6.45) is 6.56. The van der Waals surface area contributed by atoms with Gasteiger partial charge in [-0.25, -0.2) is 0 Å². The first-order valence-corrected chi connectivity index (χ1v) is 11.9. The number of amides is 1. The lowest BCUT2D eigenvalue weighted by atomic mass is 9.85. The van der Waals surface area contributed by atoms with Gasteiger partial charge in [-0.3, -0.25) is 14.8 Å². The summed E-state index contributed by atoms with van der Waals surface area (Å²) in [5.41, 5.74) is 1.77. The first-order chi connectivity index (χ1) is 17.3. The zero-order chi connectivity index (χ0) is 25.2. The number of fused-ring (bicyclic) bond motifs is 1. The van der Waals surface area contributed by atoms with Crippen molar-refractivity contribution in [3.63, 3.8) is 0 Å². The van der Waals surface area contributed by atoms with Gasteiger partial charge in [0, 0.05) is 54.7 Å². The van der Waals surface area contributed by atoms with E-state index in [1.54, 1.807) is 66.0 Å². The molecule has 5 rings (SSSR count). The second-order valence-corrected chi connectivity index (χ2v) is 9.31. The predicted molar refractivity (Wildman–Crippen MR) is 136 cm³/mol. The Morgan fingerprint density at radius 3 is 2.42 bits per heavy atom. The Bertz CT molecular complexity index is 1350. The highest BCUT2D eigenvalue weighted by molar-refractivity contribution is 5.94. The number of pyridine rings is 2. The molecule has 4 N–H and O–H groups in total. The summed E-state index contributed by atoms with van der Waals surface area (Å²) in [6, 6.07) is 19.2. The topological polar surface area (TPSA) is 119 Å². The van der Waals surface area contributed by atoms with Crippen LogP contribution in [0.4, 0.5) is 5.69 Å². The standard InChI is InChI=1S/C28H28N4O4/c33-26(32-16-12-27(34,13-17-32)18-20-4-2-14-29-19-20)22-8-10-23(11-9-22)31-28(35,36)24-7-1-5-21-6-3-15-30-25(21)24/h1-11,14-15,19,31,34-36H,12-13,16-18H2. The predicted octanol–water partition coefficient (Wildman–Crippen LogP) is 3.05. The first-order valence-electron chi connectivity index (χ1n) is 11.9. The summed E-state index contributed by atoms with van der Waals surface area (Å²) in [5.74, 6) is -2.48. The number of benzene rings is 2. The Balaban J connectivity index is 1.23. The van der Waals surface area contributed by atoms with Crippen molar-refractivity contribution in [2.24, 2.45) is 0 Å². The Morgan fingerprint density at radius 1 is 0.972 bits per heavy atom. The molecular weight excluding hydrogens is 456 g/mol. The summed E-state index contributed by atoms with van der Waals surface area (Å²) < 4.78 is 0. The molecule has 3 heterocycles. The van der Waals surface area contributed by atoms with Crippen LogP contribution in [-0.4, -0.2) is 54.8 Å². The van der Waals surface area contributed by atoms with Crippen LogP contribution in [0.3, 0.4) is 0 Å². The van der Waals surface area contributed by atoms with E-state index in [1.807, 2.05) is 24.3 Å². The van der Waals surface area contributed by atoms with E-state index in [2.05, 4.69) is 15.3 Å². The molecule has 0 spiro atoms. The molecule has 36 heavy (non-hydrogen) atoms. The number of aliphatic hydroxyl groups is 3. The molecule has 8 nitrogen and oxygen atoms in total. The van der Waals surface area contributed by atoms with E-state index in [4.69, 9.17) is 0 Å². The molecule has 0 saturated carbocycles. The maximum atomic E-state index is 13.0. The second kappa shape index (κ2) is 9.66. The Labute approximate surface area is 208 Å². The fourth-order valence-corrected chi connectivity index (χ4v) is 4.72. The number of carbonyl (C=O) groups excluding carboxylic acids is 1. The number of nitrogens with one attached hydrogen (secondary N) is 1. The average molecular weight is 485 g/mol. The Kier molecular flexibility index (Phi) is 6.40. The monoisotopic (exact) mass is 484 g/mol. The summed E-state index contributed by atoms with van der Waals surface area (Å²) in [7, 11) is 0. The molecule has 2 aromatic heterocycles. The van der Waals surface area contributed by atoms with Crippen molar-refractivity contribution >= 4 is 22.5 Å². The van der Waals surface area contributed by atoms with Crippen LogP contribution in [0.25, 0.3) is 10.9 Å². The van der Waals surface area contributed by atoms with Crippen molar-refractivity contribution in [2.75, 3.05) is 18.4 Å². The molecule has 0 unspecified atom stereocenters. The normalized spacial score (nSPS) is 15.6. The van der Waals surface area contributed by atoms with Gasteiger partial charge in [0.15, 0.2) is 0 Å². The van der Waals surface area contributed by atoms with Gasteiger partial charge in [-0.1, -0.05) is 24.3 Å². The molecule has 1 saturated heterocycles. The van der Waals surface area contributed by atoms with Crippen LogP contribution in [0.1, 0.15) is 34.3 Å². The fourth-order valence-electron chi connectivity index (χ4n) is 4.72. The maximum Gasteiger partial charge on any atom is 0.274 e. The summed E-state index contributed by atoms with van der Waals surface area (Å²) in [5, 5.41) is 36.0. The van der Waals surface area contributed by atoms with Gasteiger partial charge in [0.1, 0.15) is 0 Å². The summed E-state index contributed by atoms with van der Waals surface area (Å²) in [4.78, 5) is 23.2. The number of carbonyl (C=O) groups is 1. The zero-order valence-corrected chi connectivity index (χ0v) is 19.7. The molecule has 4 aromatic rings. The minimum atomic E-state index is -2.36. The van der Waals surface area contributed by atoms with Crippen molar-refractivity contribution < 1.29 is 20.1 Å². The van der Waals surface area contributed by atoms with E-state index in [0.29, 0.717) is 49.1 Å². The molecular formula is C28H28N4O4. The van der Waals surface area contributed by atoms with E-state index >= 15 is 0 Å². The number of anilines is 1. The van der Waals surface area contributed by atoms with Crippen LogP contribution in [0, 0.1) is 0 Å². The summed E-state index contributed by atoms with van der Waals surface area (Å²) >= 11 is 0. The number of piperidine rings is 1. The number of hydrogen-bond donors (Lipinski definition) is 4. The highest BCUT2D eigenvalue weighted by atomic mass is 16.5. The molecule has 1 amide bonds. The third-order valence-electron chi connectivity index (χ3n) is 6.70. The second-order valence-electron chi connectivity index (χ2n) is 9.31. The molecule has 2 aromatic carbocycles. The van der Waals surface area contributed by atoms with Crippen molar-refractivity contribution in [2.45, 2.75) is 30.8 Å². The zero-order valence-electron chi connectivity index (χ0n) is 19.7. The first kappa shape index (κ1) is 23.9. The molecule has 0 aliphatic carbocycles. The fraction of sp³-hybridized carbons (Fsp3) is 0.250. The third kappa shape index (κ3) is 5.06. The lowest BCUT2D eigenvalue weighted by molar-refractivity contribution is -0.142. The molecule has 1 fully saturated rings. The molecule has 0 radical (unpaired) electrons. The molecule has 0 bridgehead atoms. The number of hydrogen-bond acceptors (Lipinski definition) is 7. The number of likely N-dealkylation sites (tertiary alicyclic amines) is 1. The van der Waals surface area contributed by atoms with Crippen LogP contribution in [0.15, 0.2) is 85.3 Å². The van der Waals surface area contributed by atoms with Crippen LogP contribution in [0.2, 0.25) is 0 Å². The van der Waals surface area contributed by atoms with Crippen LogP contribution in [-0.2, 0) is 12.3 Å². The van der Waals surface area contributed by atoms with Crippen LogP contribution < -0.4 is 5.32 Å². The smallest absolute Gasteiger partial charge is 0.274 e. The SMILES string of the molecule is O=C(c1ccc(NC(O)(O)c2cccc3cccnc23)cc1)N1CCC(O)(Cc2cccnc2)CC1.